The zero-order chi connectivity index (χ0) is 25.6. The minimum absolute atomic E-state index is 0.0354. The van der Waals surface area contributed by atoms with Crippen LogP contribution in [-0.2, 0) is 38.1 Å². The van der Waals surface area contributed by atoms with Crippen LogP contribution < -0.4 is 0 Å². The van der Waals surface area contributed by atoms with Crippen LogP contribution in [0.5, 0.6) is 0 Å². The highest BCUT2D eigenvalue weighted by atomic mass is 16.7. The van der Waals surface area contributed by atoms with Gasteiger partial charge in [-0.05, 0) is 19.8 Å². The van der Waals surface area contributed by atoms with E-state index in [9.17, 15) is 34.5 Å². The summed E-state index contributed by atoms with van der Waals surface area (Å²) in [6.45, 7) is 7.80. The van der Waals surface area contributed by atoms with Gasteiger partial charge in [-0.2, -0.15) is 0 Å². The lowest BCUT2D eigenvalue weighted by Gasteiger charge is -2.39. The summed E-state index contributed by atoms with van der Waals surface area (Å²) in [5.41, 5.74) is 0.197. The first-order chi connectivity index (χ1) is 15.9. The first-order valence-electron chi connectivity index (χ1n) is 11.3. The van der Waals surface area contributed by atoms with Crippen LogP contribution in [0, 0.1) is 11.8 Å². The zero-order valence-corrected chi connectivity index (χ0v) is 19.7. The van der Waals surface area contributed by atoms with E-state index >= 15 is 0 Å². The average molecular weight is 487 g/mol. The SMILES string of the molecule is C=C1C(=O)O[C@H](CC(C)=O)[C@@H]1CC(=O)C(C)CCCO[C@@H]1O[C@H](COC(C)=O)[C@@H](O)[C@H](O)[C@H]1O. The summed E-state index contributed by atoms with van der Waals surface area (Å²) in [6.07, 6.45) is -6.57. The predicted molar refractivity (Wildman–Crippen MR) is 115 cm³/mol. The van der Waals surface area contributed by atoms with E-state index < -0.39 is 54.7 Å². The van der Waals surface area contributed by atoms with Crippen molar-refractivity contribution in [1.29, 1.82) is 0 Å². The maximum Gasteiger partial charge on any atom is 0.334 e. The smallest absolute Gasteiger partial charge is 0.334 e. The molecule has 2 aliphatic rings. The Hall–Kier alpha value is -2.18. The van der Waals surface area contributed by atoms with Gasteiger partial charge in [-0.25, -0.2) is 4.79 Å². The van der Waals surface area contributed by atoms with Gasteiger partial charge in [0.15, 0.2) is 6.29 Å². The van der Waals surface area contributed by atoms with Crippen molar-refractivity contribution in [2.24, 2.45) is 11.8 Å². The molecule has 0 aromatic carbocycles. The van der Waals surface area contributed by atoms with Crippen LogP contribution in [0.3, 0.4) is 0 Å². The number of ketones is 2. The molecule has 192 valence electrons. The highest BCUT2D eigenvalue weighted by molar-refractivity contribution is 5.93. The fraction of sp³-hybridized carbons (Fsp3) is 0.739. The van der Waals surface area contributed by atoms with Crippen molar-refractivity contribution in [3.63, 3.8) is 0 Å². The van der Waals surface area contributed by atoms with Gasteiger partial charge in [0.05, 0.1) is 0 Å². The van der Waals surface area contributed by atoms with Crippen molar-refractivity contribution >= 4 is 23.5 Å². The molecule has 0 aromatic heterocycles. The summed E-state index contributed by atoms with van der Waals surface area (Å²) in [7, 11) is 0. The highest BCUT2D eigenvalue weighted by Crippen LogP contribution is 2.33. The Bertz CT molecular complexity index is 779. The maximum absolute atomic E-state index is 12.7. The number of aliphatic hydroxyl groups is 3. The Kier molecular flexibility index (Phi) is 10.3. The van der Waals surface area contributed by atoms with E-state index in [2.05, 4.69) is 6.58 Å². The Morgan fingerprint density at radius 2 is 1.74 bits per heavy atom. The molecular weight excluding hydrogens is 452 g/mol. The third-order valence-corrected chi connectivity index (χ3v) is 6.06. The van der Waals surface area contributed by atoms with Crippen LogP contribution in [-0.4, -0.2) is 88.8 Å². The summed E-state index contributed by atoms with van der Waals surface area (Å²) < 4.78 is 20.9. The van der Waals surface area contributed by atoms with Crippen LogP contribution in [0.2, 0.25) is 0 Å². The molecule has 2 rings (SSSR count). The lowest BCUT2D eigenvalue weighted by atomic mass is 9.85. The van der Waals surface area contributed by atoms with Gasteiger partial charge in [-0.1, -0.05) is 13.5 Å². The van der Waals surface area contributed by atoms with Crippen molar-refractivity contribution in [2.45, 2.75) is 83.3 Å². The van der Waals surface area contributed by atoms with Crippen molar-refractivity contribution in [3.8, 4) is 0 Å². The highest BCUT2D eigenvalue weighted by Gasteiger charge is 2.45. The monoisotopic (exact) mass is 486 g/mol. The van der Waals surface area contributed by atoms with Gasteiger partial charge in [-0.3, -0.25) is 14.4 Å². The first-order valence-corrected chi connectivity index (χ1v) is 11.3. The van der Waals surface area contributed by atoms with Gasteiger partial charge < -0.3 is 34.3 Å². The van der Waals surface area contributed by atoms with Gasteiger partial charge >= 0.3 is 11.9 Å². The number of cyclic esters (lactones) is 1. The van der Waals surface area contributed by atoms with Gasteiger partial charge in [-0.15, -0.1) is 0 Å². The summed E-state index contributed by atoms with van der Waals surface area (Å²) in [4.78, 5) is 46.9. The number of Topliss-reactive ketones (excluding diaryl/α,β-unsaturated/α-hetero) is 2. The van der Waals surface area contributed by atoms with E-state index in [4.69, 9.17) is 18.9 Å². The third kappa shape index (κ3) is 7.41. The van der Waals surface area contributed by atoms with E-state index in [-0.39, 0.29) is 49.1 Å². The molecule has 0 saturated carbocycles. The molecule has 11 nitrogen and oxygen atoms in total. The number of hydrogen-bond acceptors (Lipinski definition) is 11. The summed E-state index contributed by atoms with van der Waals surface area (Å²) in [5.74, 6) is -2.32. The van der Waals surface area contributed by atoms with E-state index in [1.807, 2.05) is 0 Å². The fourth-order valence-corrected chi connectivity index (χ4v) is 3.95. The van der Waals surface area contributed by atoms with Crippen molar-refractivity contribution in [1.82, 2.24) is 0 Å². The normalized spacial score (nSPS) is 32.2. The molecule has 8 atom stereocenters. The van der Waals surface area contributed by atoms with E-state index in [1.54, 1.807) is 6.92 Å². The molecular formula is C23H34O11. The summed E-state index contributed by atoms with van der Waals surface area (Å²) in [6, 6.07) is 0. The lowest BCUT2D eigenvalue weighted by Crippen LogP contribution is -2.59. The molecule has 2 heterocycles. The zero-order valence-electron chi connectivity index (χ0n) is 19.7. The Morgan fingerprint density at radius 1 is 1.06 bits per heavy atom. The molecule has 2 saturated heterocycles. The van der Waals surface area contributed by atoms with Crippen LogP contribution in [0.4, 0.5) is 0 Å². The standard InChI is InChI=1S/C23H34O11/c1-11(16(26)9-15-13(3)22(30)33-17(15)8-12(2)24)6-5-7-31-23-21(29)20(28)19(27)18(34-23)10-32-14(4)25/h11,15,17-21,23,27-29H,3,5-10H2,1-2,4H3/t11?,15-,17-,18-,19-,20+,21-,23-/m1/s1. The van der Waals surface area contributed by atoms with Crippen molar-refractivity contribution < 1.29 is 53.4 Å². The van der Waals surface area contributed by atoms with Crippen LogP contribution in [0.25, 0.3) is 0 Å². The van der Waals surface area contributed by atoms with Gasteiger partial charge in [0, 0.05) is 43.8 Å². The van der Waals surface area contributed by atoms with E-state index in [1.165, 1.54) is 13.8 Å². The Morgan fingerprint density at radius 3 is 2.35 bits per heavy atom. The van der Waals surface area contributed by atoms with Gasteiger partial charge in [0.2, 0.25) is 0 Å². The Labute approximate surface area is 198 Å². The second-order valence-electron chi connectivity index (χ2n) is 8.88. The van der Waals surface area contributed by atoms with E-state index in [0.29, 0.717) is 12.8 Å². The van der Waals surface area contributed by atoms with E-state index in [0.717, 1.165) is 0 Å². The number of rotatable bonds is 12. The fourth-order valence-electron chi connectivity index (χ4n) is 3.95. The molecule has 0 bridgehead atoms. The minimum Gasteiger partial charge on any atom is -0.463 e. The molecule has 0 spiro atoms. The summed E-state index contributed by atoms with van der Waals surface area (Å²) >= 11 is 0. The van der Waals surface area contributed by atoms with Gasteiger partial charge in [0.1, 0.15) is 48.7 Å². The molecule has 34 heavy (non-hydrogen) atoms. The number of ether oxygens (including phenoxy) is 4. The second-order valence-corrected chi connectivity index (χ2v) is 8.88. The number of carbonyl (C=O) groups excluding carboxylic acids is 4. The molecule has 3 N–H and O–H groups in total. The quantitative estimate of drug-likeness (QED) is 0.190. The number of hydrogen-bond donors (Lipinski definition) is 3. The van der Waals surface area contributed by atoms with Crippen LogP contribution in [0.15, 0.2) is 12.2 Å². The van der Waals surface area contributed by atoms with Crippen LogP contribution in [0.1, 0.15) is 46.5 Å². The maximum atomic E-state index is 12.7. The first kappa shape index (κ1) is 28.1. The molecule has 2 fully saturated rings. The molecule has 2 aliphatic heterocycles. The molecule has 1 unspecified atom stereocenters. The molecule has 0 amide bonds. The van der Waals surface area contributed by atoms with Crippen molar-refractivity contribution in [2.75, 3.05) is 13.2 Å². The largest absolute Gasteiger partial charge is 0.463 e. The summed E-state index contributed by atoms with van der Waals surface area (Å²) in [5, 5.41) is 30.1. The average Bonchev–Trinajstić information content (AvgIpc) is 3.01. The minimum atomic E-state index is -1.55. The predicted octanol–water partition coefficient (Wildman–Crippen LogP) is -0.174. The molecule has 0 aliphatic carbocycles. The molecule has 0 radical (unpaired) electrons. The second kappa shape index (κ2) is 12.5. The molecule has 0 aromatic rings. The number of aliphatic hydroxyl groups excluding tert-OH is 3. The topological polar surface area (TPSA) is 166 Å². The Balaban J connectivity index is 1.80. The molecule has 11 heteroatoms. The third-order valence-electron chi connectivity index (χ3n) is 6.06. The van der Waals surface area contributed by atoms with Gasteiger partial charge in [0.25, 0.3) is 0 Å². The lowest BCUT2D eigenvalue weighted by molar-refractivity contribution is -0.301. The number of carbonyl (C=O) groups is 4. The number of esters is 2. The van der Waals surface area contributed by atoms with Crippen molar-refractivity contribution in [3.05, 3.63) is 12.2 Å². The van der Waals surface area contributed by atoms with Crippen LogP contribution >= 0.6 is 0 Å².